The summed E-state index contributed by atoms with van der Waals surface area (Å²) in [6.07, 6.45) is 12.7. The summed E-state index contributed by atoms with van der Waals surface area (Å²) < 4.78 is 0. The van der Waals surface area contributed by atoms with Crippen LogP contribution in [0.2, 0.25) is 0 Å². The Labute approximate surface area is 133 Å². The Morgan fingerprint density at radius 3 is 2.38 bits per heavy atom. The van der Waals surface area contributed by atoms with Crippen LogP contribution in [0.5, 0.6) is 0 Å². The van der Waals surface area contributed by atoms with Crippen LogP contribution in [0.3, 0.4) is 0 Å². The molecule has 2 saturated carbocycles. The van der Waals surface area contributed by atoms with Crippen LogP contribution in [0.1, 0.15) is 78.6 Å². The number of nitrogens with one attached hydrogen (secondary N) is 1. The molecule has 0 bridgehead atoms. The first-order valence-corrected chi connectivity index (χ1v) is 9.58. The molecule has 0 saturated heterocycles. The number of hydrogen-bond donors (Lipinski definition) is 1. The van der Waals surface area contributed by atoms with Crippen molar-refractivity contribution in [2.24, 2.45) is 11.8 Å². The van der Waals surface area contributed by atoms with Crippen LogP contribution in [0.4, 0.5) is 0 Å². The van der Waals surface area contributed by atoms with Crippen molar-refractivity contribution in [2.45, 2.75) is 96.7 Å². The fourth-order valence-corrected chi connectivity index (χ4v) is 4.56. The Kier molecular flexibility index (Phi) is 7.01. The standard InChI is InChI=1S/C19H38N2/c1-5-13-20-18-12-11-16(15(2)3)14-19(18)21(4)17-9-7-6-8-10-17/h15-20H,5-14H2,1-4H3. The zero-order chi connectivity index (χ0) is 15.2. The van der Waals surface area contributed by atoms with Gasteiger partial charge in [0.05, 0.1) is 0 Å². The lowest BCUT2D eigenvalue weighted by atomic mass is 9.75. The van der Waals surface area contributed by atoms with E-state index in [9.17, 15) is 0 Å². The highest BCUT2D eigenvalue weighted by atomic mass is 15.2. The lowest BCUT2D eigenvalue weighted by molar-refractivity contribution is 0.0575. The smallest absolute Gasteiger partial charge is 0.0251 e. The fraction of sp³-hybridized carbons (Fsp3) is 1.00. The lowest BCUT2D eigenvalue weighted by Gasteiger charge is -2.46. The molecule has 0 aromatic heterocycles. The molecule has 124 valence electrons. The number of rotatable bonds is 6. The van der Waals surface area contributed by atoms with Crippen molar-refractivity contribution in [1.29, 1.82) is 0 Å². The minimum absolute atomic E-state index is 0.729. The highest BCUT2D eigenvalue weighted by Gasteiger charge is 2.36. The van der Waals surface area contributed by atoms with Gasteiger partial charge >= 0.3 is 0 Å². The summed E-state index contributed by atoms with van der Waals surface area (Å²) in [5, 5.41) is 3.86. The van der Waals surface area contributed by atoms with Crippen LogP contribution in [0.15, 0.2) is 0 Å². The van der Waals surface area contributed by atoms with Crippen molar-refractivity contribution < 1.29 is 0 Å². The second kappa shape index (κ2) is 8.53. The molecule has 0 radical (unpaired) electrons. The average molecular weight is 295 g/mol. The Hall–Kier alpha value is -0.0800. The Bertz CT molecular complexity index is 283. The van der Waals surface area contributed by atoms with E-state index in [2.05, 4.69) is 38.0 Å². The van der Waals surface area contributed by atoms with E-state index < -0.39 is 0 Å². The summed E-state index contributed by atoms with van der Waals surface area (Å²) >= 11 is 0. The number of nitrogens with zero attached hydrogens (tertiary/aromatic N) is 1. The van der Waals surface area contributed by atoms with E-state index >= 15 is 0 Å². The van der Waals surface area contributed by atoms with Crippen molar-refractivity contribution in [1.82, 2.24) is 10.2 Å². The molecular weight excluding hydrogens is 256 g/mol. The maximum Gasteiger partial charge on any atom is 0.0251 e. The van der Waals surface area contributed by atoms with Gasteiger partial charge in [-0.1, -0.05) is 40.0 Å². The fourth-order valence-electron chi connectivity index (χ4n) is 4.56. The van der Waals surface area contributed by atoms with Crippen LogP contribution in [0.25, 0.3) is 0 Å². The summed E-state index contributed by atoms with van der Waals surface area (Å²) in [4.78, 5) is 2.78. The van der Waals surface area contributed by atoms with E-state index in [1.54, 1.807) is 0 Å². The topological polar surface area (TPSA) is 15.3 Å². The summed E-state index contributed by atoms with van der Waals surface area (Å²) in [7, 11) is 2.42. The van der Waals surface area contributed by atoms with Gasteiger partial charge in [0.2, 0.25) is 0 Å². The third kappa shape index (κ3) is 4.69. The SMILES string of the molecule is CCCNC1CCC(C(C)C)CC1N(C)C1CCCCC1. The van der Waals surface area contributed by atoms with Gasteiger partial charge in [0, 0.05) is 18.1 Å². The Morgan fingerprint density at radius 1 is 1.05 bits per heavy atom. The molecule has 0 aromatic rings. The summed E-state index contributed by atoms with van der Waals surface area (Å²) in [5.74, 6) is 1.78. The third-order valence-electron chi connectivity index (χ3n) is 6.13. The number of hydrogen-bond acceptors (Lipinski definition) is 2. The van der Waals surface area contributed by atoms with Gasteiger partial charge in [0.1, 0.15) is 0 Å². The third-order valence-corrected chi connectivity index (χ3v) is 6.13. The van der Waals surface area contributed by atoms with Crippen LogP contribution in [-0.4, -0.2) is 36.6 Å². The van der Waals surface area contributed by atoms with E-state index in [1.807, 2.05) is 0 Å². The van der Waals surface area contributed by atoms with Gasteiger partial charge in [0.25, 0.3) is 0 Å². The van der Waals surface area contributed by atoms with Crippen LogP contribution >= 0.6 is 0 Å². The van der Waals surface area contributed by atoms with Crippen molar-refractivity contribution in [2.75, 3.05) is 13.6 Å². The maximum atomic E-state index is 3.86. The van der Waals surface area contributed by atoms with Crippen molar-refractivity contribution >= 4 is 0 Å². The first-order chi connectivity index (χ1) is 10.1. The summed E-state index contributed by atoms with van der Waals surface area (Å²) in [6, 6.07) is 2.34. The molecule has 3 atom stereocenters. The quantitative estimate of drug-likeness (QED) is 0.779. The van der Waals surface area contributed by atoms with Gasteiger partial charge < -0.3 is 5.32 Å². The van der Waals surface area contributed by atoms with Gasteiger partial charge in [-0.25, -0.2) is 0 Å². The molecule has 2 heteroatoms. The predicted octanol–water partition coefficient (Wildman–Crippen LogP) is 4.44. The highest BCUT2D eigenvalue weighted by Crippen LogP contribution is 2.35. The molecule has 0 amide bonds. The summed E-state index contributed by atoms with van der Waals surface area (Å²) in [5.41, 5.74) is 0. The normalized spacial score (nSPS) is 32.0. The number of likely N-dealkylation sites (N-methyl/N-ethyl adjacent to an activating group) is 1. The highest BCUT2D eigenvalue weighted by molar-refractivity contribution is 4.93. The van der Waals surface area contributed by atoms with E-state index in [1.165, 1.54) is 64.3 Å². The predicted molar refractivity (Wildman–Crippen MR) is 92.7 cm³/mol. The molecule has 0 aromatic carbocycles. The van der Waals surface area contributed by atoms with Gasteiger partial charge in [-0.3, -0.25) is 4.90 Å². The molecule has 0 heterocycles. The Morgan fingerprint density at radius 2 is 1.76 bits per heavy atom. The van der Waals surface area contributed by atoms with E-state index in [-0.39, 0.29) is 0 Å². The monoisotopic (exact) mass is 294 g/mol. The second-order valence-electron chi connectivity index (χ2n) is 7.90. The molecule has 2 rings (SSSR count). The molecule has 0 aliphatic heterocycles. The van der Waals surface area contributed by atoms with Crippen molar-refractivity contribution in [3.8, 4) is 0 Å². The van der Waals surface area contributed by atoms with Crippen LogP contribution < -0.4 is 5.32 Å². The molecule has 2 fully saturated rings. The Balaban J connectivity index is 2.00. The first kappa shape index (κ1) is 17.3. The van der Waals surface area contributed by atoms with E-state index in [0.29, 0.717) is 0 Å². The molecule has 2 nitrogen and oxygen atoms in total. The minimum Gasteiger partial charge on any atom is -0.312 e. The zero-order valence-electron chi connectivity index (χ0n) is 14.9. The van der Waals surface area contributed by atoms with E-state index in [0.717, 1.165) is 30.0 Å². The van der Waals surface area contributed by atoms with Crippen molar-refractivity contribution in [3.05, 3.63) is 0 Å². The summed E-state index contributed by atoms with van der Waals surface area (Å²) in [6.45, 7) is 8.31. The van der Waals surface area contributed by atoms with Crippen LogP contribution in [-0.2, 0) is 0 Å². The van der Waals surface area contributed by atoms with E-state index in [4.69, 9.17) is 0 Å². The van der Waals surface area contributed by atoms with Gasteiger partial charge in [-0.15, -0.1) is 0 Å². The maximum absolute atomic E-state index is 3.86. The molecule has 3 unspecified atom stereocenters. The van der Waals surface area contributed by atoms with Crippen molar-refractivity contribution in [3.63, 3.8) is 0 Å². The second-order valence-corrected chi connectivity index (χ2v) is 7.90. The van der Waals surface area contributed by atoms with Crippen LogP contribution in [0, 0.1) is 11.8 Å². The minimum atomic E-state index is 0.729. The molecule has 0 spiro atoms. The van der Waals surface area contributed by atoms with Gasteiger partial charge in [0.15, 0.2) is 0 Å². The largest absolute Gasteiger partial charge is 0.312 e. The van der Waals surface area contributed by atoms with Gasteiger partial charge in [-0.2, -0.15) is 0 Å². The zero-order valence-corrected chi connectivity index (χ0v) is 14.9. The molecule has 21 heavy (non-hydrogen) atoms. The van der Waals surface area contributed by atoms with Gasteiger partial charge in [-0.05, 0) is 64.0 Å². The lowest BCUT2D eigenvalue weighted by Crippen LogP contribution is -2.55. The molecule has 1 N–H and O–H groups in total. The first-order valence-electron chi connectivity index (χ1n) is 9.58. The molecule has 2 aliphatic rings. The molecular formula is C19H38N2. The molecule has 2 aliphatic carbocycles. The average Bonchev–Trinajstić information content (AvgIpc) is 2.52.